The molecule has 0 saturated carbocycles. The van der Waals surface area contributed by atoms with Crippen LogP contribution in [0.2, 0.25) is 0 Å². The van der Waals surface area contributed by atoms with Crippen LogP contribution in [0, 0.1) is 0 Å². The summed E-state index contributed by atoms with van der Waals surface area (Å²) in [5.74, 6) is -0.720. The van der Waals surface area contributed by atoms with Gasteiger partial charge in [0.1, 0.15) is 6.10 Å². The van der Waals surface area contributed by atoms with Crippen LogP contribution < -0.4 is 0 Å². The fourth-order valence-corrected chi connectivity index (χ4v) is 2.41. The summed E-state index contributed by atoms with van der Waals surface area (Å²) in [7, 11) is 0. The van der Waals surface area contributed by atoms with E-state index in [1.165, 1.54) is 0 Å². The van der Waals surface area contributed by atoms with Crippen molar-refractivity contribution in [2.45, 2.75) is 38.4 Å². The van der Waals surface area contributed by atoms with Gasteiger partial charge in [-0.3, -0.25) is 4.79 Å². The van der Waals surface area contributed by atoms with E-state index < -0.39 is 18.2 Å². The van der Waals surface area contributed by atoms with E-state index in [4.69, 9.17) is 4.74 Å². The Balaban J connectivity index is 2.41. The first-order valence-electron chi connectivity index (χ1n) is 6.55. The Labute approximate surface area is 117 Å². The van der Waals surface area contributed by atoms with Crippen LogP contribution in [0.5, 0.6) is 0 Å². The maximum absolute atomic E-state index is 11.8. The van der Waals surface area contributed by atoms with Crippen molar-refractivity contribution >= 4 is 11.8 Å². The number of aliphatic hydroxyl groups is 2. The zero-order valence-electron chi connectivity index (χ0n) is 11.4. The molecule has 5 nitrogen and oxygen atoms in total. The lowest BCUT2D eigenvalue weighted by Crippen LogP contribution is -2.20. The van der Waals surface area contributed by atoms with E-state index in [1.807, 2.05) is 0 Å². The first-order valence-corrected chi connectivity index (χ1v) is 6.55. The minimum atomic E-state index is -0.907. The Morgan fingerprint density at radius 1 is 1.40 bits per heavy atom. The van der Waals surface area contributed by atoms with Crippen LogP contribution in [0.3, 0.4) is 0 Å². The summed E-state index contributed by atoms with van der Waals surface area (Å²) in [5.41, 5.74) is 1.90. The topological polar surface area (TPSA) is 83.8 Å². The number of ketones is 1. The normalized spacial score (nSPS) is 30.8. The smallest absolute Gasteiger partial charge is 0.337 e. The molecule has 0 radical (unpaired) electrons. The van der Waals surface area contributed by atoms with Crippen molar-refractivity contribution in [3.63, 3.8) is 0 Å². The molecule has 0 amide bonds. The fourth-order valence-electron chi connectivity index (χ4n) is 2.41. The van der Waals surface area contributed by atoms with Crippen molar-refractivity contribution in [1.29, 1.82) is 0 Å². The molecule has 0 unspecified atom stereocenters. The van der Waals surface area contributed by atoms with Crippen molar-refractivity contribution in [3.05, 3.63) is 34.9 Å². The third-order valence-electron chi connectivity index (χ3n) is 3.78. The zero-order chi connectivity index (χ0) is 14.9. The van der Waals surface area contributed by atoms with Gasteiger partial charge in [-0.05, 0) is 42.6 Å². The molecule has 2 rings (SSSR count). The second-order valence-corrected chi connectivity index (χ2v) is 5.15. The van der Waals surface area contributed by atoms with E-state index in [0.717, 1.165) is 0 Å². The molecular weight excluding hydrogens is 260 g/mol. The van der Waals surface area contributed by atoms with Gasteiger partial charge >= 0.3 is 5.97 Å². The second kappa shape index (κ2) is 5.73. The molecule has 0 spiro atoms. The Bertz CT molecular complexity index is 526. The summed E-state index contributed by atoms with van der Waals surface area (Å²) in [6.07, 6.45) is 0.993. The molecule has 1 aliphatic carbocycles. The summed E-state index contributed by atoms with van der Waals surface area (Å²) in [6, 6.07) is 0. The maximum Gasteiger partial charge on any atom is 0.337 e. The molecule has 0 bridgehead atoms. The number of aliphatic hydroxyl groups excluding tert-OH is 2. The molecule has 1 heterocycles. The lowest BCUT2D eigenvalue weighted by Gasteiger charge is -2.18. The predicted molar refractivity (Wildman–Crippen MR) is 71.8 cm³/mol. The minimum absolute atomic E-state index is 0.00621. The second-order valence-electron chi connectivity index (χ2n) is 5.15. The summed E-state index contributed by atoms with van der Waals surface area (Å²) in [5, 5.41) is 19.2. The van der Waals surface area contributed by atoms with Crippen molar-refractivity contribution in [2.75, 3.05) is 6.61 Å². The molecule has 2 aliphatic rings. The van der Waals surface area contributed by atoms with Gasteiger partial charge in [0, 0.05) is 6.42 Å². The molecule has 20 heavy (non-hydrogen) atoms. The highest BCUT2D eigenvalue weighted by Crippen LogP contribution is 2.31. The summed E-state index contributed by atoms with van der Waals surface area (Å²) >= 11 is 0. The number of hydrogen-bond donors (Lipinski definition) is 2. The van der Waals surface area contributed by atoms with Crippen LogP contribution in [-0.2, 0) is 14.3 Å². The molecule has 0 aromatic rings. The molecule has 2 N–H and O–H groups in total. The zero-order valence-corrected chi connectivity index (χ0v) is 11.4. The largest absolute Gasteiger partial charge is 0.450 e. The van der Waals surface area contributed by atoms with E-state index in [1.54, 1.807) is 13.0 Å². The number of rotatable bonds is 1. The van der Waals surface area contributed by atoms with Crippen LogP contribution in [-0.4, -0.2) is 40.8 Å². The molecule has 0 fully saturated rings. The number of allylic oxidation sites excluding steroid dienone is 1. The van der Waals surface area contributed by atoms with Crippen LogP contribution >= 0.6 is 0 Å². The molecular formula is C15H18O5. The SMILES string of the molecule is C=C1CCC2=C(CO)C(=O)O[C@@H]2/C=C(/C)[C@@H](O)CC1=O. The average molecular weight is 278 g/mol. The maximum atomic E-state index is 11.8. The molecule has 2 atom stereocenters. The van der Waals surface area contributed by atoms with Gasteiger partial charge in [-0.25, -0.2) is 4.79 Å². The number of fused-ring (bicyclic) bond motifs is 1. The monoisotopic (exact) mass is 278 g/mol. The van der Waals surface area contributed by atoms with Gasteiger partial charge in [-0.1, -0.05) is 6.58 Å². The quantitative estimate of drug-likeness (QED) is 0.421. The number of esters is 1. The van der Waals surface area contributed by atoms with Crippen molar-refractivity contribution in [1.82, 2.24) is 0 Å². The van der Waals surface area contributed by atoms with Gasteiger partial charge in [-0.15, -0.1) is 0 Å². The standard InChI is InChI=1S/C15H18O5/c1-8-3-4-10-11(7-16)15(19)20-14(10)5-9(2)13(18)6-12(8)17/h5,13-14,16,18H,1,3-4,6-7H2,2H3/b9-5-/t13-,14+/m0/s1. The number of carbonyl (C=O) groups is 2. The number of hydrogen-bond acceptors (Lipinski definition) is 5. The third-order valence-corrected chi connectivity index (χ3v) is 3.78. The van der Waals surface area contributed by atoms with Gasteiger partial charge in [0.2, 0.25) is 0 Å². The molecule has 1 aliphatic heterocycles. The molecule has 108 valence electrons. The first kappa shape index (κ1) is 14.7. The van der Waals surface area contributed by atoms with Gasteiger partial charge in [0.05, 0.1) is 18.3 Å². The number of Topliss-reactive ketones (excluding diaryl/α,β-unsaturated/α-hetero) is 1. The van der Waals surface area contributed by atoms with Crippen molar-refractivity contribution in [2.24, 2.45) is 0 Å². The lowest BCUT2D eigenvalue weighted by molar-refractivity contribution is -0.138. The summed E-state index contributed by atoms with van der Waals surface area (Å²) in [6.45, 7) is 5.02. The Hall–Kier alpha value is -1.72. The lowest BCUT2D eigenvalue weighted by atomic mass is 9.91. The molecule has 0 aromatic carbocycles. The van der Waals surface area contributed by atoms with Crippen LogP contribution in [0.15, 0.2) is 34.9 Å². The van der Waals surface area contributed by atoms with E-state index >= 15 is 0 Å². The molecule has 5 heteroatoms. The molecule has 0 saturated heterocycles. The Morgan fingerprint density at radius 3 is 2.75 bits per heavy atom. The van der Waals surface area contributed by atoms with E-state index in [9.17, 15) is 19.8 Å². The number of ether oxygens (including phenoxy) is 1. The Morgan fingerprint density at radius 2 is 2.10 bits per heavy atom. The summed E-state index contributed by atoms with van der Waals surface area (Å²) in [4.78, 5) is 23.5. The Kier molecular flexibility index (Phi) is 4.20. The van der Waals surface area contributed by atoms with Gasteiger partial charge in [-0.2, -0.15) is 0 Å². The van der Waals surface area contributed by atoms with E-state index in [0.29, 0.717) is 29.6 Å². The van der Waals surface area contributed by atoms with Crippen molar-refractivity contribution in [3.8, 4) is 0 Å². The number of carbonyl (C=O) groups excluding carboxylic acids is 2. The highest BCUT2D eigenvalue weighted by molar-refractivity contribution is 5.96. The minimum Gasteiger partial charge on any atom is -0.450 e. The highest BCUT2D eigenvalue weighted by Gasteiger charge is 2.33. The third kappa shape index (κ3) is 2.73. The molecule has 0 aromatic heterocycles. The van der Waals surface area contributed by atoms with Gasteiger partial charge in [0.25, 0.3) is 0 Å². The summed E-state index contributed by atoms with van der Waals surface area (Å²) < 4.78 is 5.21. The van der Waals surface area contributed by atoms with Crippen LogP contribution in [0.4, 0.5) is 0 Å². The predicted octanol–water partition coefficient (Wildman–Crippen LogP) is 0.817. The first-order chi connectivity index (χ1) is 9.43. The van der Waals surface area contributed by atoms with Crippen molar-refractivity contribution < 1.29 is 24.5 Å². The fraction of sp³-hybridized carbons (Fsp3) is 0.467. The average Bonchev–Trinajstić information content (AvgIpc) is 2.69. The van der Waals surface area contributed by atoms with Crippen LogP contribution in [0.25, 0.3) is 0 Å². The highest BCUT2D eigenvalue weighted by atomic mass is 16.5. The van der Waals surface area contributed by atoms with Gasteiger partial charge in [0.15, 0.2) is 5.78 Å². The van der Waals surface area contributed by atoms with Gasteiger partial charge < -0.3 is 14.9 Å². The van der Waals surface area contributed by atoms with Crippen LogP contribution in [0.1, 0.15) is 26.2 Å². The van der Waals surface area contributed by atoms with E-state index in [-0.39, 0.29) is 24.4 Å². The van der Waals surface area contributed by atoms with E-state index in [2.05, 4.69) is 6.58 Å².